The maximum absolute atomic E-state index is 5.75. The summed E-state index contributed by atoms with van der Waals surface area (Å²) < 4.78 is 11.1. The highest BCUT2D eigenvalue weighted by Gasteiger charge is 2.20. The predicted molar refractivity (Wildman–Crippen MR) is 99.5 cm³/mol. The van der Waals surface area contributed by atoms with Gasteiger partial charge in [-0.1, -0.05) is 26.2 Å². The first-order valence-corrected chi connectivity index (χ1v) is 9.97. The molecule has 2 N–H and O–H groups in total. The number of nitrogens with one attached hydrogen (secondary N) is 2. The highest BCUT2D eigenvalue weighted by molar-refractivity contribution is 5.79. The molecule has 2 fully saturated rings. The van der Waals surface area contributed by atoms with Crippen LogP contribution in [0.1, 0.15) is 52.4 Å². The number of aliphatic imine (C=N–C) groups is 1. The standard InChI is InChI=1S/C19H37N3O2/c1-3-20-19(22-13-18-8-5-4-7-16(18)2)21-10-6-11-23-14-17-9-12-24-15-17/h16-18H,3-15H2,1-2H3,(H2,20,21,22). The zero-order chi connectivity index (χ0) is 17.0. The van der Waals surface area contributed by atoms with Crippen molar-refractivity contribution in [2.24, 2.45) is 22.7 Å². The van der Waals surface area contributed by atoms with E-state index in [0.717, 1.165) is 76.7 Å². The number of nitrogens with zero attached hydrogens (tertiary/aromatic N) is 1. The van der Waals surface area contributed by atoms with Gasteiger partial charge in [-0.25, -0.2) is 0 Å². The van der Waals surface area contributed by atoms with Crippen LogP contribution in [0.25, 0.3) is 0 Å². The molecule has 140 valence electrons. The maximum atomic E-state index is 5.75. The van der Waals surface area contributed by atoms with Crippen LogP contribution in [0.4, 0.5) is 0 Å². The molecular formula is C19H37N3O2. The lowest BCUT2D eigenvalue weighted by Gasteiger charge is -2.27. The SMILES string of the molecule is CCNC(=NCC1CCCCC1C)NCCCOCC1CCOC1. The van der Waals surface area contributed by atoms with Crippen LogP contribution in [-0.2, 0) is 9.47 Å². The molecule has 5 heteroatoms. The Kier molecular flexibility index (Phi) is 9.51. The lowest BCUT2D eigenvalue weighted by atomic mass is 9.80. The van der Waals surface area contributed by atoms with Gasteiger partial charge in [0.05, 0.1) is 13.2 Å². The maximum Gasteiger partial charge on any atom is 0.191 e. The molecule has 3 atom stereocenters. The number of rotatable bonds is 9. The van der Waals surface area contributed by atoms with Gasteiger partial charge in [-0.15, -0.1) is 0 Å². The van der Waals surface area contributed by atoms with Crippen molar-refractivity contribution < 1.29 is 9.47 Å². The van der Waals surface area contributed by atoms with E-state index in [4.69, 9.17) is 14.5 Å². The molecule has 5 nitrogen and oxygen atoms in total. The fraction of sp³-hybridized carbons (Fsp3) is 0.947. The molecule has 0 aromatic carbocycles. The van der Waals surface area contributed by atoms with E-state index in [-0.39, 0.29) is 0 Å². The summed E-state index contributed by atoms with van der Waals surface area (Å²) in [5, 5.41) is 6.79. The van der Waals surface area contributed by atoms with Gasteiger partial charge in [0, 0.05) is 38.8 Å². The Morgan fingerprint density at radius 3 is 2.83 bits per heavy atom. The average Bonchev–Trinajstić information content (AvgIpc) is 3.10. The number of hydrogen-bond acceptors (Lipinski definition) is 3. The van der Waals surface area contributed by atoms with Gasteiger partial charge in [0.25, 0.3) is 0 Å². The molecule has 1 aliphatic heterocycles. The molecule has 0 amide bonds. The second-order valence-electron chi connectivity index (χ2n) is 7.33. The molecule has 0 aromatic heterocycles. The van der Waals surface area contributed by atoms with Gasteiger partial charge in [0.2, 0.25) is 0 Å². The minimum atomic E-state index is 0.606. The fourth-order valence-electron chi connectivity index (χ4n) is 3.56. The van der Waals surface area contributed by atoms with Gasteiger partial charge in [-0.05, 0) is 38.0 Å². The second kappa shape index (κ2) is 11.7. The van der Waals surface area contributed by atoms with E-state index in [0.29, 0.717) is 5.92 Å². The van der Waals surface area contributed by atoms with Gasteiger partial charge in [0.15, 0.2) is 5.96 Å². The quantitative estimate of drug-likeness (QED) is 0.385. The summed E-state index contributed by atoms with van der Waals surface area (Å²) >= 11 is 0. The smallest absolute Gasteiger partial charge is 0.191 e. The van der Waals surface area contributed by atoms with E-state index in [1.54, 1.807) is 0 Å². The van der Waals surface area contributed by atoms with Crippen LogP contribution in [0.3, 0.4) is 0 Å². The largest absolute Gasteiger partial charge is 0.381 e. The van der Waals surface area contributed by atoms with Crippen LogP contribution in [0.15, 0.2) is 4.99 Å². The van der Waals surface area contributed by atoms with Crippen LogP contribution in [0, 0.1) is 17.8 Å². The van der Waals surface area contributed by atoms with Gasteiger partial charge in [-0.2, -0.15) is 0 Å². The second-order valence-corrected chi connectivity index (χ2v) is 7.33. The number of ether oxygens (including phenoxy) is 2. The van der Waals surface area contributed by atoms with Crippen molar-refractivity contribution >= 4 is 5.96 Å². The Morgan fingerprint density at radius 2 is 2.08 bits per heavy atom. The molecule has 2 rings (SSSR count). The first-order valence-electron chi connectivity index (χ1n) is 9.97. The van der Waals surface area contributed by atoms with E-state index in [1.807, 2.05) is 0 Å². The Hall–Kier alpha value is -0.810. The molecule has 0 radical (unpaired) electrons. The summed E-state index contributed by atoms with van der Waals surface area (Å²) in [6, 6.07) is 0. The average molecular weight is 340 g/mol. The molecule has 24 heavy (non-hydrogen) atoms. The number of guanidine groups is 1. The Bertz CT molecular complexity index is 357. The van der Waals surface area contributed by atoms with Gasteiger partial charge in [-0.3, -0.25) is 4.99 Å². The number of hydrogen-bond donors (Lipinski definition) is 2. The van der Waals surface area contributed by atoms with Gasteiger partial charge < -0.3 is 20.1 Å². The molecular weight excluding hydrogens is 302 g/mol. The molecule has 1 heterocycles. The highest BCUT2D eigenvalue weighted by Crippen LogP contribution is 2.29. The van der Waals surface area contributed by atoms with E-state index in [9.17, 15) is 0 Å². The molecule has 1 saturated carbocycles. The van der Waals surface area contributed by atoms with Crippen molar-refractivity contribution in [3.05, 3.63) is 0 Å². The van der Waals surface area contributed by atoms with Crippen LogP contribution in [0.5, 0.6) is 0 Å². The molecule has 2 aliphatic rings. The summed E-state index contributed by atoms with van der Waals surface area (Å²) in [6.45, 7) is 10.7. The zero-order valence-corrected chi connectivity index (χ0v) is 15.7. The van der Waals surface area contributed by atoms with Crippen molar-refractivity contribution in [2.75, 3.05) is 46.1 Å². The van der Waals surface area contributed by atoms with Gasteiger partial charge in [0.1, 0.15) is 0 Å². The summed E-state index contributed by atoms with van der Waals surface area (Å²) in [5.41, 5.74) is 0. The van der Waals surface area contributed by atoms with E-state index in [1.165, 1.54) is 25.7 Å². The Labute approximate surface area is 148 Å². The summed E-state index contributed by atoms with van der Waals surface area (Å²) in [6.07, 6.45) is 7.63. The van der Waals surface area contributed by atoms with Crippen molar-refractivity contribution in [1.82, 2.24) is 10.6 Å². The molecule has 0 aromatic rings. The minimum absolute atomic E-state index is 0.606. The van der Waals surface area contributed by atoms with E-state index < -0.39 is 0 Å². The minimum Gasteiger partial charge on any atom is -0.381 e. The third kappa shape index (κ3) is 7.39. The normalized spacial score (nSPS) is 28.1. The third-order valence-corrected chi connectivity index (χ3v) is 5.25. The zero-order valence-electron chi connectivity index (χ0n) is 15.7. The molecule has 0 bridgehead atoms. The summed E-state index contributed by atoms with van der Waals surface area (Å²) in [7, 11) is 0. The lowest BCUT2D eigenvalue weighted by Crippen LogP contribution is -2.38. The summed E-state index contributed by atoms with van der Waals surface area (Å²) in [5.74, 6) is 3.14. The predicted octanol–water partition coefficient (Wildman–Crippen LogP) is 2.81. The van der Waals surface area contributed by atoms with Gasteiger partial charge >= 0.3 is 0 Å². The summed E-state index contributed by atoms with van der Waals surface area (Å²) in [4.78, 5) is 4.81. The van der Waals surface area contributed by atoms with Crippen LogP contribution < -0.4 is 10.6 Å². The topological polar surface area (TPSA) is 54.9 Å². The lowest BCUT2D eigenvalue weighted by molar-refractivity contribution is 0.0888. The Balaban J connectivity index is 1.58. The van der Waals surface area contributed by atoms with Crippen LogP contribution >= 0.6 is 0 Å². The first kappa shape index (κ1) is 19.5. The first-order chi connectivity index (χ1) is 11.8. The molecule has 1 saturated heterocycles. The third-order valence-electron chi connectivity index (χ3n) is 5.25. The highest BCUT2D eigenvalue weighted by atomic mass is 16.5. The van der Waals surface area contributed by atoms with E-state index in [2.05, 4.69) is 24.5 Å². The molecule has 3 unspecified atom stereocenters. The Morgan fingerprint density at radius 1 is 1.21 bits per heavy atom. The van der Waals surface area contributed by atoms with Crippen LogP contribution in [-0.4, -0.2) is 52.0 Å². The molecule has 0 spiro atoms. The van der Waals surface area contributed by atoms with Crippen LogP contribution in [0.2, 0.25) is 0 Å². The molecule has 1 aliphatic carbocycles. The monoisotopic (exact) mass is 339 g/mol. The van der Waals surface area contributed by atoms with Crippen molar-refractivity contribution in [1.29, 1.82) is 0 Å². The fourth-order valence-corrected chi connectivity index (χ4v) is 3.56. The van der Waals surface area contributed by atoms with Crippen molar-refractivity contribution in [3.8, 4) is 0 Å². The van der Waals surface area contributed by atoms with E-state index >= 15 is 0 Å². The van der Waals surface area contributed by atoms with Crippen molar-refractivity contribution in [3.63, 3.8) is 0 Å². The van der Waals surface area contributed by atoms with Crippen molar-refractivity contribution in [2.45, 2.75) is 52.4 Å².